The largest absolute Gasteiger partial charge is 0.481 e. The summed E-state index contributed by atoms with van der Waals surface area (Å²) in [6.07, 6.45) is 6.06. The normalized spacial score (nSPS) is 14.4. The van der Waals surface area contributed by atoms with Gasteiger partial charge in [-0.3, -0.25) is 4.79 Å². The summed E-state index contributed by atoms with van der Waals surface area (Å²) in [5.41, 5.74) is 3.59. The van der Waals surface area contributed by atoms with Gasteiger partial charge < -0.3 is 5.11 Å². The lowest BCUT2D eigenvalue weighted by Crippen LogP contribution is -2.12. The Hall–Kier alpha value is -1.45. The lowest BCUT2D eigenvalue weighted by molar-refractivity contribution is -0.137. The Kier molecular flexibility index (Phi) is 3.71. The van der Waals surface area contributed by atoms with Crippen LogP contribution in [0, 0.1) is 6.92 Å². The number of nitrogens with zero attached hydrogens (tertiary/aromatic N) is 2. The first-order valence-electron chi connectivity index (χ1n) is 6.24. The molecule has 1 heterocycles. The minimum atomic E-state index is -0.750. The summed E-state index contributed by atoms with van der Waals surface area (Å²) in [5, 5.41) is 8.60. The maximum absolute atomic E-state index is 10.4. The van der Waals surface area contributed by atoms with E-state index in [4.69, 9.17) is 5.11 Å². The van der Waals surface area contributed by atoms with Crippen LogP contribution in [0.5, 0.6) is 0 Å². The average Bonchev–Trinajstić information content (AvgIpc) is 2.28. The zero-order valence-electron chi connectivity index (χ0n) is 10.2. The number of hydrogen-bond acceptors (Lipinski definition) is 3. The molecular weight excluding hydrogens is 216 g/mol. The van der Waals surface area contributed by atoms with Gasteiger partial charge in [-0.25, -0.2) is 9.97 Å². The van der Waals surface area contributed by atoms with Crippen molar-refractivity contribution in [2.75, 3.05) is 0 Å². The molecule has 0 aliphatic heterocycles. The monoisotopic (exact) mass is 234 g/mol. The van der Waals surface area contributed by atoms with Crippen LogP contribution in [0.1, 0.15) is 48.5 Å². The number of aliphatic carboxylic acids is 1. The van der Waals surface area contributed by atoms with Crippen LogP contribution in [0.25, 0.3) is 0 Å². The smallest absolute Gasteiger partial charge is 0.303 e. The summed E-state index contributed by atoms with van der Waals surface area (Å²) in [7, 11) is 0. The minimum Gasteiger partial charge on any atom is -0.481 e. The SMILES string of the molecule is Cc1nc(CCCC(=O)O)nc2c1CCCC2. The molecule has 1 aliphatic carbocycles. The van der Waals surface area contributed by atoms with Crippen molar-refractivity contribution in [1.82, 2.24) is 9.97 Å². The third-order valence-electron chi connectivity index (χ3n) is 3.23. The third-order valence-corrected chi connectivity index (χ3v) is 3.23. The summed E-state index contributed by atoms with van der Waals surface area (Å²) >= 11 is 0. The molecule has 0 fully saturated rings. The molecule has 4 nitrogen and oxygen atoms in total. The van der Waals surface area contributed by atoms with Gasteiger partial charge in [-0.1, -0.05) is 0 Å². The zero-order valence-corrected chi connectivity index (χ0v) is 10.2. The van der Waals surface area contributed by atoms with Crippen molar-refractivity contribution in [3.8, 4) is 0 Å². The fourth-order valence-electron chi connectivity index (χ4n) is 2.35. The van der Waals surface area contributed by atoms with E-state index in [1.54, 1.807) is 0 Å². The summed E-state index contributed by atoms with van der Waals surface area (Å²) in [6.45, 7) is 2.03. The van der Waals surface area contributed by atoms with E-state index in [0.29, 0.717) is 12.8 Å². The van der Waals surface area contributed by atoms with Crippen LogP contribution in [-0.2, 0) is 24.1 Å². The van der Waals surface area contributed by atoms with E-state index in [1.807, 2.05) is 6.92 Å². The first-order valence-corrected chi connectivity index (χ1v) is 6.24. The van der Waals surface area contributed by atoms with Gasteiger partial charge in [-0.2, -0.15) is 0 Å². The van der Waals surface area contributed by atoms with Gasteiger partial charge >= 0.3 is 5.97 Å². The number of aromatic nitrogens is 2. The molecular formula is C13H18N2O2. The topological polar surface area (TPSA) is 63.1 Å². The van der Waals surface area contributed by atoms with Crippen LogP contribution in [0.3, 0.4) is 0 Å². The van der Waals surface area contributed by atoms with Gasteiger partial charge in [0, 0.05) is 24.2 Å². The molecule has 1 N–H and O–H groups in total. The van der Waals surface area contributed by atoms with Gasteiger partial charge in [0.15, 0.2) is 0 Å². The van der Waals surface area contributed by atoms with Crippen LogP contribution in [0.2, 0.25) is 0 Å². The Morgan fingerprint density at radius 1 is 1.29 bits per heavy atom. The highest BCUT2D eigenvalue weighted by Gasteiger charge is 2.15. The van der Waals surface area contributed by atoms with E-state index >= 15 is 0 Å². The van der Waals surface area contributed by atoms with E-state index in [1.165, 1.54) is 24.1 Å². The molecule has 0 atom stereocenters. The number of carboxylic acids is 1. The molecule has 0 saturated heterocycles. The second-order valence-electron chi connectivity index (χ2n) is 4.60. The molecule has 1 aromatic rings. The van der Waals surface area contributed by atoms with Crippen molar-refractivity contribution >= 4 is 5.97 Å². The van der Waals surface area contributed by atoms with Crippen molar-refractivity contribution in [3.63, 3.8) is 0 Å². The first-order chi connectivity index (χ1) is 8.16. The van der Waals surface area contributed by atoms with Crippen LogP contribution < -0.4 is 0 Å². The van der Waals surface area contributed by atoms with E-state index in [0.717, 1.165) is 24.4 Å². The molecule has 1 aromatic heterocycles. The number of rotatable bonds is 4. The summed E-state index contributed by atoms with van der Waals surface area (Å²) in [4.78, 5) is 19.5. The van der Waals surface area contributed by atoms with Crippen molar-refractivity contribution in [3.05, 3.63) is 22.8 Å². The van der Waals surface area contributed by atoms with Crippen LogP contribution in [0.4, 0.5) is 0 Å². The minimum absolute atomic E-state index is 0.194. The van der Waals surface area contributed by atoms with E-state index in [9.17, 15) is 4.79 Å². The highest BCUT2D eigenvalue weighted by Crippen LogP contribution is 2.21. The number of carboxylic acid groups (broad SMARTS) is 1. The second-order valence-corrected chi connectivity index (χ2v) is 4.60. The molecule has 17 heavy (non-hydrogen) atoms. The number of hydrogen-bond donors (Lipinski definition) is 1. The van der Waals surface area contributed by atoms with Gasteiger partial charge in [0.05, 0.1) is 0 Å². The highest BCUT2D eigenvalue weighted by molar-refractivity contribution is 5.66. The van der Waals surface area contributed by atoms with E-state index in [2.05, 4.69) is 9.97 Å². The number of carbonyl (C=O) groups is 1. The molecule has 2 rings (SSSR count). The quantitative estimate of drug-likeness (QED) is 0.866. The van der Waals surface area contributed by atoms with E-state index < -0.39 is 5.97 Å². The van der Waals surface area contributed by atoms with Gasteiger partial charge in [0.25, 0.3) is 0 Å². The Labute approximate surface area is 101 Å². The summed E-state index contributed by atoms with van der Waals surface area (Å²) in [5.74, 6) is 0.0593. The van der Waals surface area contributed by atoms with E-state index in [-0.39, 0.29) is 6.42 Å². The van der Waals surface area contributed by atoms with Gasteiger partial charge in [0.2, 0.25) is 0 Å². The van der Waals surface area contributed by atoms with Gasteiger partial charge in [0.1, 0.15) is 5.82 Å². The standard InChI is InChI=1S/C13H18N2O2/c1-9-10-5-2-3-6-11(10)15-12(14-9)7-4-8-13(16)17/h2-8H2,1H3,(H,16,17). The number of aryl methyl sites for hydroxylation is 3. The molecule has 0 amide bonds. The maximum atomic E-state index is 10.4. The Morgan fingerprint density at radius 3 is 2.82 bits per heavy atom. The molecule has 0 spiro atoms. The van der Waals surface area contributed by atoms with Gasteiger partial charge in [-0.15, -0.1) is 0 Å². The molecule has 0 radical (unpaired) electrons. The molecule has 92 valence electrons. The van der Waals surface area contributed by atoms with Crippen molar-refractivity contribution in [2.24, 2.45) is 0 Å². The molecule has 0 saturated carbocycles. The fourth-order valence-corrected chi connectivity index (χ4v) is 2.35. The molecule has 0 bridgehead atoms. The summed E-state index contributed by atoms with van der Waals surface area (Å²) < 4.78 is 0. The third kappa shape index (κ3) is 3.02. The van der Waals surface area contributed by atoms with Crippen LogP contribution in [-0.4, -0.2) is 21.0 Å². The van der Waals surface area contributed by atoms with Crippen LogP contribution >= 0.6 is 0 Å². The fraction of sp³-hybridized carbons (Fsp3) is 0.615. The molecule has 4 heteroatoms. The van der Waals surface area contributed by atoms with Gasteiger partial charge in [-0.05, 0) is 44.6 Å². The van der Waals surface area contributed by atoms with Crippen molar-refractivity contribution < 1.29 is 9.90 Å². The molecule has 0 aromatic carbocycles. The second kappa shape index (κ2) is 5.25. The predicted molar refractivity (Wildman–Crippen MR) is 64.0 cm³/mol. The summed E-state index contributed by atoms with van der Waals surface area (Å²) in [6, 6.07) is 0. The predicted octanol–water partition coefficient (Wildman–Crippen LogP) is 2.07. The molecule has 0 unspecified atom stereocenters. The van der Waals surface area contributed by atoms with Crippen molar-refractivity contribution in [2.45, 2.75) is 51.9 Å². The lowest BCUT2D eigenvalue weighted by atomic mass is 9.95. The Balaban J connectivity index is 2.08. The molecule has 1 aliphatic rings. The Morgan fingerprint density at radius 2 is 2.06 bits per heavy atom. The highest BCUT2D eigenvalue weighted by atomic mass is 16.4. The number of fused-ring (bicyclic) bond motifs is 1. The van der Waals surface area contributed by atoms with Crippen molar-refractivity contribution in [1.29, 1.82) is 0 Å². The average molecular weight is 234 g/mol. The zero-order chi connectivity index (χ0) is 12.3. The van der Waals surface area contributed by atoms with Crippen LogP contribution in [0.15, 0.2) is 0 Å². The lowest BCUT2D eigenvalue weighted by Gasteiger charge is -2.17. The Bertz CT molecular complexity index is 430. The first kappa shape index (κ1) is 12.0. The maximum Gasteiger partial charge on any atom is 0.303 e.